The second-order valence-corrected chi connectivity index (χ2v) is 5.43. The predicted molar refractivity (Wildman–Crippen MR) is 74.2 cm³/mol. The molecule has 1 heterocycles. The molecule has 1 N–H and O–H groups in total. The SMILES string of the molecule is N#Cc1c(Br)cccc1Sc1ccc(C(=O)O)cn1. The normalized spacial score (nSPS) is 9.89. The second-order valence-electron chi connectivity index (χ2n) is 3.52. The predicted octanol–water partition coefficient (Wildman–Crippen LogP) is 3.57. The summed E-state index contributed by atoms with van der Waals surface area (Å²) in [5.74, 6) is -1.01. The van der Waals surface area contributed by atoms with Gasteiger partial charge in [-0.1, -0.05) is 17.8 Å². The summed E-state index contributed by atoms with van der Waals surface area (Å²) in [6.07, 6.45) is 1.30. The zero-order valence-corrected chi connectivity index (χ0v) is 11.9. The Balaban J connectivity index is 2.29. The minimum Gasteiger partial charge on any atom is -0.478 e. The van der Waals surface area contributed by atoms with Crippen molar-refractivity contribution >= 4 is 33.7 Å². The molecule has 0 fully saturated rings. The van der Waals surface area contributed by atoms with Crippen molar-refractivity contribution < 1.29 is 9.90 Å². The van der Waals surface area contributed by atoms with Crippen molar-refractivity contribution in [3.63, 3.8) is 0 Å². The number of nitriles is 1. The van der Waals surface area contributed by atoms with Crippen molar-refractivity contribution in [3.05, 3.63) is 52.1 Å². The minimum atomic E-state index is -1.01. The summed E-state index contributed by atoms with van der Waals surface area (Å²) in [6.45, 7) is 0. The molecule has 0 aliphatic heterocycles. The van der Waals surface area contributed by atoms with E-state index in [9.17, 15) is 4.79 Å². The average molecular weight is 335 g/mol. The molecule has 2 aromatic rings. The number of rotatable bonds is 3. The van der Waals surface area contributed by atoms with E-state index in [4.69, 9.17) is 10.4 Å². The second kappa shape index (κ2) is 5.87. The van der Waals surface area contributed by atoms with Gasteiger partial charge in [0, 0.05) is 15.6 Å². The lowest BCUT2D eigenvalue weighted by Gasteiger charge is -2.04. The number of hydrogen-bond acceptors (Lipinski definition) is 4. The van der Waals surface area contributed by atoms with E-state index in [0.29, 0.717) is 10.6 Å². The molecular weight excluding hydrogens is 328 g/mol. The number of aromatic nitrogens is 1. The van der Waals surface area contributed by atoms with E-state index in [0.717, 1.165) is 9.37 Å². The van der Waals surface area contributed by atoms with Gasteiger partial charge in [-0.3, -0.25) is 0 Å². The third-order valence-corrected chi connectivity index (χ3v) is 3.96. The van der Waals surface area contributed by atoms with E-state index in [1.807, 2.05) is 12.1 Å². The van der Waals surface area contributed by atoms with Crippen LogP contribution in [0.3, 0.4) is 0 Å². The molecule has 94 valence electrons. The third-order valence-electron chi connectivity index (χ3n) is 2.29. The Morgan fingerprint density at radius 1 is 1.37 bits per heavy atom. The van der Waals surface area contributed by atoms with E-state index in [-0.39, 0.29) is 5.56 Å². The highest BCUT2D eigenvalue weighted by molar-refractivity contribution is 9.10. The van der Waals surface area contributed by atoms with Crippen molar-refractivity contribution in [1.82, 2.24) is 4.98 Å². The molecule has 0 spiro atoms. The molecule has 0 amide bonds. The number of hydrogen-bond donors (Lipinski definition) is 1. The van der Waals surface area contributed by atoms with Crippen molar-refractivity contribution in [3.8, 4) is 6.07 Å². The van der Waals surface area contributed by atoms with Gasteiger partial charge in [0.25, 0.3) is 0 Å². The summed E-state index contributed by atoms with van der Waals surface area (Å²) in [5.41, 5.74) is 0.677. The number of carboxylic acid groups (broad SMARTS) is 1. The fourth-order valence-electron chi connectivity index (χ4n) is 1.38. The molecule has 4 nitrogen and oxygen atoms in total. The quantitative estimate of drug-likeness (QED) is 0.928. The van der Waals surface area contributed by atoms with Gasteiger partial charge in [-0.25, -0.2) is 9.78 Å². The number of benzene rings is 1. The molecule has 2 rings (SSSR count). The van der Waals surface area contributed by atoms with Crippen LogP contribution >= 0.6 is 27.7 Å². The number of pyridine rings is 1. The lowest BCUT2D eigenvalue weighted by molar-refractivity contribution is 0.0696. The monoisotopic (exact) mass is 334 g/mol. The average Bonchev–Trinajstić information content (AvgIpc) is 2.39. The fourth-order valence-corrected chi connectivity index (χ4v) is 2.83. The van der Waals surface area contributed by atoms with Crippen LogP contribution in [0.15, 0.2) is 50.9 Å². The molecule has 0 unspecified atom stereocenters. The van der Waals surface area contributed by atoms with Crippen LogP contribution in [0, 0.1) is 11.3 Å². The van der Waals surface area contributed by atoms with Crippen LogP contribution in [0.1, 0.15) is 15.9 Å². The van der Waals surface area contributed by atoms with Crippen LogP contribution < -0.4 is 0 Å². The zero-order chi connectivity index (χ0) is 13.8. The van der Waals surface area contributed by atoms with Crippen LogP contribution in [0.2, 0.25) is 0 Å². The van der Waals surface area contributed by atoms with Crippen LogP contribution in [0.5, 0.6) is 0 Å². The van der Waals surface area contributed by atoms with Gasteiger partial charge in [0.05, 0.1) is 11.1 Å². The number of nitrogens with zero attached hydrogens (tertiary/aromatic N) is 2. The number of carbonyl (C=O) groups is 1. The summed E-state index contributed by atoms with van der Waals surface area (Å²) in [6, 6.07) is 10.7. The van der Waals surface area contributed by atoms with Crippen LogP contribution in [-0.4, -0.2) is 16.1 Å². The molecular formula is C13H7BrN2O2S. The minimum absolute atomic E-state index is 0.138. The third kappa shape index (κ3) is 3.13. The molecule has 0 aliphatic rings. The highest BCUT2D eigenvalue weighted by Gasteiger charge is 2.09. The molecule has 1 aromatic carbocycles. The lowest BCUT2D eigenvalue weighted by Crippen LogP contribution is -1.96. The Morgan fingerprint density at radius 3 is 2.74 bits per heavy atom. The first-order chi connectivity index (χ1) is 9.11. The highest BCUT2D eigenvalue weighted by Crippen LogP contribution is 2.32. The summed E-state index contributed by atoms with van der Waals surface area (Å²) < 4.78 is 0.724. The van der Waals surface area contributed by atoms with Gasteiger partial charge >= 0.3 is 5.97 Å². The Hall–Kier alpha value is -1.84. The van der Waals surface area contributed by atoms with Crippen molar-refractivity contribution in [2.24, 2.45) is 0 Å². The summed E-state index contributed by atoms with van der Waals surface area (Å²) in [7, 11) is 0. The van der Waals surface area contributed by atoms with Gasteiger partial charge < -0.3 is 5.11 Å². The van der Waals surface area contributed by atoms with Crippen LogP contribution in [0.4, 0.5) is 0 Å². The first-order valence-electron chi connectivity index (χ1n) is 5.17. The van der Waals surface area contributed by atoms with Crippen molar-refractivity contribution in [2.45, 2.75) is 9.92 Å². The van der Waals surface area contributed by atoms with Gasteiger partial charge in [0.2, 0.25) is 0 Å². The smallest absolute Gasteiger partial charge is 0.337 e. The van der Waals surface area contributed by atoms with Crippen molar-refractivity contribution in [2.75, 3.05) is 0 Å². The number of aromatic carboxylic acids is 1. The lowest BCUT2D eigenvalue weighted by atomic mass is 10.2. The van der Waals surface area contributed by atoms with Gasteiger partial charge in [-0.2, -0.15) is 5.26 Å². The zero-order valence-electron chi connectivity index (χ0n) is 9.50. The molecule has 6 heteroatoms. The Kier molecular flexibility index (Phi) is 4.20. The van der Waals surface area contributed by atoms with E-state index in [1.54, 1.807) is 12.1 Å². The van der Waals surface area contributed by atoms with E-state index >= 15 is 0 Å². The standard InChI is InChI=1S/C13H7BrN2O2S/c14-10-2-1-3-11(9(10)6-15)19-12-5-4-8(7-16-12)13(17)18/h1-5,7H,(H,17,18). The fraction of sp³-hybridized carbons (Fsp3) is 0. The Bertz CT molecular complexity index is 665. The summed E-state index contributed by atoms with van der Waals surface area (Å²) >= 11 is 4.63. The van der Waals surface area contributed by atoms with E-state index in [2.05, 4.69) is 27.0 Å². The molecule has 0 radical (unpaired) electrons. The summed E-state index contributed by atoms with van der Waals surface area (Å²) in [4.78, 5) is 15.5. The molecule has 0 saturated carbocycles. The molecule has 19 heavy (non-hydrogen) atoms. The number of halogens is 1. The topological polar surface area (TPSA) is 74.0 Å². The van der Waals surface area contributed by atoms with Gasteiger partial charge in [0.1, 0.15) is 11.1 Å². The Labute approximate surface area is 122 Å². The highest BCUT2D eigenvalue weighted by atomic mass is 79.9. The van der Waals surface area contributed by atoms with Crippen LogP contribution in [-0.2, 0) is 0 Å². The molecule has 0 bridgehead atoms. The molecule has 1 aromatic heterocycles. The number of carboxylic acids is 1. The van der Waals surface area contributed by atoms with Crippen molar-refractivity contribution in [1.29, 1.82) is 5.26 Å². The largest absolute Gasteiger partial charge is 0.478 e. The van der Waals surface area contributed by atoms with Gasteiger partial charge in [0.15, 0.2) is 0 Å². The van der Waals surface area contributed by atoms with Gasteiger partial charge in [-0.05, 0) is 40.2 Å². The first kappa shape index (κ1) is 13.6. The first-order valence-corrected chi connectivity index (χ1v) is 6.78. The van der Waals surface area contributed by atoms with E-state index in [1.165, 1.54) is 24.0 Å². The summed E-state index contributed by atoms with van der Waals surface area (Å²) in [5, 5.41) is 18.5. The molecule has 0 aliphatic carbocycles. The molecule has 0 saturated heterocycles. The maximum absolute atomic E-state index is 10.7. The van der Waals surface area contributed by atoms with E-state index < -0.39 is 5.97 Å². The van der Waals surface area contributed by atoms with Gasteiger partial charge in [-0.15, -0.1) is 0 Å². The van der Waals surface area contributed by atoms with Crippen LogP contribution in [0.25, 0.3) is 0 Å². The molecule has 0 atom stereocenters. The Morgan fingerprint density at radius 2 is 2.16 bits per heavy atom. The maximum Gasteiger partial charge on any atom is 0.337 e. The maximum atomic E-state index is 10.7.